The second-order valence-electron chi connectivity index (χ2n) is 8.90. The van der Waals surface area contributed by atoms with Crippen LogP contribution in [-0.2, 0) is 14.8 Å². The zero-order valence-electron chi connectivity index (χ0n) is 17.4. The number of hydrogen-bond donors (Lipinski definition) is 3. The number of nitrogens with one attached hydrogen (secondary N) is 3. The Labute approximate surface area is 165 Å². The molecule has 8 heteroatoms. The van der Waals surface area contributed by atoms with Gasteiger partial charge in [-0.15, -0.1) is 0 Å². The highest BCUT2D eigenvalue weighted by molar-refractivity contribution is 7.89. The number of rotatable bonds is 8. The molecule has 1 saturated carbocycles. The number of hydrogen-bond acceptors (Lipinski definition) is 4. The first-order valence-electron chi connectivity index (χ1n) is 10.2. The molecule has 2 atom stereocenters. The van der Waals surface area contributed by atoms with Crippen LogP contribution in [0.3, 0.4) is 0 Å². The lowest BCUT2D eigenvalue weighted by Crippen LogP contribution is -2.48. The van der Waals surface area contributed by atoms with Crippen molar-refractivity contribution in [3.8, 4) is 0 Å². The molecule has 1 heterocycles. The molecule has 1 aliphatic carbocycles. The van der Waals surface area contributed by atoms with E-state index >= 15 is 0 Å². The topological polar surface area (TPSA) is 91.8 Å². The monoisotopic (exact) mass is 402 g/mol. The molecule has 0 aromatic rings. The highest BCUT2D eigenvalue weighted by Crippen LogP contribution is 2.33. The third-order valence-electron chi connectivity index (χ3n) is 5.53. The van der Waals surface area contributed by atoms with Crippen molar-refractivity contribution in [3.05, 3.63) is 0 Å². The lowest BCUT2D eigenvalue weighted by atomic mass is 9.78. The van der Waals surface area contributed by atoms with Gasteiger partial charge in [0.15, 0.2) is 5.96 Å². The Morgan fingerprint density at radius 3 is 2.44 bits per heavy atom. The maximum atomic E-state index is 12.1. The fourth-order valence-corrected chi connectivity index (χ4v) is 4.78. The Morgan fingerprint density at radius 1 is 1.11 bits per heavy atom. The van der Waals surface area contributed by atoms with Crippen molar-refractivity contribution in [1.29, 1.82) is 0 Å². The molecular weight excluding hydrogens is 364 g/mol. The summed E-state index contributed by atoms with van der Waals surface area (Å²) >= 11 is 0. The third kappa shape index (κ3) is 7.58. The molecule has 158 valence electrons. The van der Waals surface area contributed by atoms with Crippen molar-refractivity contribution in [3.63, 3.8) is 0 Å². The molecule has 0 amide bonds. The molecule has 3 N–H and O–H groups in total. The molecule has 0 aromatic heterocycles. The Balaban J connectivity index is 1.71. The first-order chi connectivity index (χ1) is 12.7. The van der Waals surface area contributed by atoms with Crippen LogP contribution in [-0.4, -0.2) is 59.5 Å². The van der Waals surface area contributed by atoms with Crippen LogP contribution < -0.4 is 15.4 Å². The molecule has 0 radical (unpaired) electrons. The summed E-state index contributed by atoms with van der Waals surface area (Å²) in [5.74, 6) is 1.64. The lowest BCUT2D eigenvalue weighted by Gasteiger charge is -2.40. The largest absolute Gasteiger partial charge is 0.377 e. The van der Waals surface area contributed by atoms with Gasteiger partial charge in [0.2, 0.25) is 10.0 Å². The van der Waals surface area contributed by atoms with Crippen LogP contribution in [0.2, 0.25) is 0 Å². The van der Waals surface area contributed by atoms with E-state index in [0.717, 1.165) is 38.8 Å². The molecule has 1 aliphatic heterocycles. The van der Waals surface area contributed by atoms with Gasteiger partial charge < -0.3 is 15.4 Å². The van der Waals surface area contributed by atoms with Gasteiger partial charge in [0.05, 0.1) is 11.9 Å². The third-order valence-corrected chi connectivity index (χ3v) is 6.88. The van der Waals surface area contributed by atoms with E-state index in [1.807, 2.05) is 0 Å². The molecular formula is C19H38N4O3S. The fourth-order valence-electron chi connectivity index (χ4n) is 3.78. The molecule has 1 saturated heterocycles. The number of aliphatic imine (C=N–C) groups is 1. The van der Waals surface area contributed by atoms with Crippen LogP contribution in [0.15, 0.2) is 4.99 Å². The Bertz CT molecular complexity index is 582. The van der Waals surface area contributed by atoms with Gasteiger partial charge in [-0.2, -0.15) is 0 Å². The number of guanidine groups is 1. The second kappa shape index (κ2) is 10.1. The van der Waals surface area contributed by atoms with Gasteiger partial charge >= 0.3 is 0 Å². The summed E-state index contributed by atoms with van der Waals surface area (Å²) in [7, 11) is -1.53. The number of ether oxygens (including phenoxy) is 1. The highest BCUT2D eigenvalue weighted by atomic mass is 32.2. The minimum absolute atomic E-state index is 0.0532. The maximum absolute atomic E-state index is 12.1. The summed E-state index contributed by atoms with van der Waals surface area (Å²) in [5, 5.41) is 6.45. The normalized spacial score (nSPS) is 25.1. The first-order valence-corrected chi connectivity index (χ1v) is 11.9. The SMILES string of the molecule is CN=C(NCCS(=O)(=O)NCC1CCC1)NCC1CCCOC1C(C)(C)C. The van der Waals surface area contributed by atoms with E-state index in [4.69, 9.17) is 4.74 Å². The van der Waals surface area contributed by atoms with Crippen LogP contribution in [0.4, 0.5) is 0 Å². The Morgan fingerprint density at radius 2 is 1.85 bits per heavy atom. The first kappa shape index (κ1) is 22.4. The Kier molecular flexibility index (Phi) is 8.37. The van der Waals surface area contributed by atoms with Crippen molar-refractivity contribution < 1.29 is 13.2 Å². The van der Waals surface area contributed by atoms with Crippen molar-refractivity contribution >= 4 is 16.0 Å². The van der Waals surface area contributed by atoms with Crippen molar-refractivity contribution in [2.75, 3.05) is 39.0 Å². The summed E-state index contributed by atoms with van der Waals surface area (Å²) in [6, 6.07) is 0. The van der Waals surface area contributed by atoms with Gasteiger partial charge in [-0.25, -0.2) is 13.1 Å². The predicted octanol–water partition coefficient (Wildman–Crippen LogP) is 1.71. The van der Waals surface area contributed by atoms with E-state index < -0.39 is 10.0 Å². The van der Waals surface area contributed by atoms with Crippen LogP contribution in [0.25, 0.3) is 0 Å². The molecule has 2 fully saturated rings. The maximum Gasteiger partial charge on any atom is 0.213 e. The predicted molar refractivity (Wildman–Crippen MR) is 110 cm³/mol. The zero-order chi connectivity index (χ0) is 19.9. The van der Waals surface area contributed by atoms with E-state index in [1.165, 1.54) is 6.42 Å². The number of nitrogens with zero attached hydrogens (tertiary/aromatic N) is 1. The quantitative estimate of drug-likeness (QED) is 0.425. The molecule has 2 rings (SSSR count). The van der Waals surface area contributed by atoms with E-state index in [9.17, 15) is 8.42 Å². The molecule has 0 aromatic carbocycles. The molecule has 2 unspecified atom stereocenters. The highest BCUT2D eigenvalue weighted by Gasteiger charge is 2.35. The summed E-state index contributed by atoms with van der Waals surface area (Å²) in [5.41, 5.74) is 0.101. The van der Waals surface area contributed by atoms with Gasteiger partial charge in [-0.05, 0) is 37.0 Å². The van der Waals surface area contributed by atoms with Gasteiger partial charge in [-0.3, -0.25) is 4.99 Å². The molecule has 0 spiro atoms. The van der Waals surface area contributed by atoms with E-state index in [0.29, 0.717) is 30.9 Å². The summed E-state index contributed by atoms with van der Waals surface area (Å²) in [6.07, 6.45) is 5.92. The molecule has 27 heavy (non-hydrogen) atoms. The van der Waals surface area contributed by atoms with E-state index in [1.54, 1.807) is 7.05 Å². The molecule has 0 bridgehead atoms. The fraction of sp³-hybridized carbons (Fsp3) is 0.947. The van der Waals surface area contributed by atoms with Crippen LogP contribution in [0, 0.1) is 17.3 Å². The van der Waals surface area contributed by atoms with Crippen LogP contribution >= 0.6 is 0 Å². The number of sulfonamides is 1. The van der Waals surface area contributed by atoms with Gasteiger partial charge in [-0.1, -0.05) is 27.2 Å². The molecule has 7 nitrogen and oxygen atoms in total. The van der Waals surface area contributed by atoms with E-state index in [-0.39, 0.29) is 17.3 Å². The van der Waals surface area contributed by atoms with E-state index in [2.05, 4.69) is 41.1 Å². The van der Waals surface area contributed by atoms with Gasteiger partial charge in [0, 0.05) is 39.2 Å². The van der Waals surface area contributed by atoms with Gasteiger partial charge in [0.25, 0.3) is 0 Å². The summed E-state index contributed by atoms with van der Waals surface area (Å²) < 4.78 is 32.9. The van der Waals surface area contributed by atoms with Gasteiger partial charge in [0.1, 0.15) is 0 Å². The molecule has 2 aliphatic rings. The average molecular weight is 403 g/mol. The summed E-state index contributed by atoms with van der Waals surface area (Å²) in [6.45, 7) is 9.15. The van der Waals surface area contributed by atoms with Crippen molar-refractivity contribution in [2.24, 2.45) is 22.2 Å². The van der Waals surface area contributed by atoms with Crippen LogP contribution in [0.1, 0.15) is 52.9 Å². The minimum atomic E-state index is -3.24. The lowest BCUT2D eigenvalue weighted by molar-refractivity contribution is -0.0835. The van der Waals surface area contributed by atoms with Crippen molar-refractivity contribution in [1.82, 2.24) is 15.4 Å². The van der Waals surface area contributed by atoms with Crippen LogP contribution in [0.5, 0.6) is 0 Å². The average Bonchev–Trinajstić information content (AvgIpc) is 2.55. The standard InChI is InChI=1S/C19H38N4O3S/c1-19(2,3)17-16(9-6-11-26-17)14-22-18(20-4)21-10-12-27(24,25)23-13-15-7-5-8-15/h15-17,23H,5-14H2,1-4H3,(H2,20,21,22). The zero-order valence-corrected chi connectivity index (χ0v) is 18.2. The second-order valence-corrected chi connectivity index (χ2v) is 10.8. The Hall–Kier alpha value is -0.860. The minimum Gasteiger partial charge on any atom is -0.377 e. The van der Waals surface area contributed by atoms with Crippen molar-refractivity contribution in [2.45, 2.75) is 59.0 Å². The summed E-state index contributed by atoms with van der Waals surface area (Å²) in [4.78, 5) is 4.21. The smallest absolute Gasteiger partial charge is 0.213 e.